The number of aliphatic hydroxyl groups is 2. The Morgan fingerprint density at radius 1 is 1.50 bits per heavy atom. The first-order valence-corrected chi connectivity index (χ1v) is 4.67. The molecule has 0 amide bonds. The van der Waals surface area contributed by atoms with E-state index in [-0.39, 0.29) is 24.8 Å². The van der Waals surface area contributed by atoms with Gasteiger partial charge in [-0.15, -0.1) is 0 Å². The van der Waals surface area contributed by atoms with Crippen LogP contribution in [0.5, 0.6) is 0 Å². The maximum atomic E-state index is 9.58. The molecule has 3 atom stereocenters. The maximum Gasteiger partial charge on any atom is 0.0695 e. The van der Waals surface area contributed by atoms with E-state index in [1.54, 1.807) is 0 Å². The van der Waals surface area contributed by atoms with Gasteiger partial charge in [-0.1, -0.05) is 0 Å². The molecule has 0 saturated heterocycles. The van der Waals surface area contributed by atoms with Crippen LogP contribution < -0.4 is 0 Å². The monoisotopic (exact) mass is 173 g/mol. The molecule has 0 aromatic carbocycles. The summed E-state index contributed by atoms with van der Waals surface area (Å²) in [5.74, 6) is 0. The van der Waals surface area contributed by atoms with Crippen LogP contribution in [0.1, 0.15) is 26.2 Å². The average Bonchev–Trinajstić information content (AvgIpc) is 2.48. The summed E-state index contributed by atoms with van der Waals surface area (Å²) < 4.78 is 0. The molecule has 72 valence electrons. The van der Waals surface area contributed by atoms with Gasteiger partial charge in [0.05, 0.1) is 12.7 Å². The van der Waals surface area contributed by atoms with Crippen LogP contribution in [0.4, 0.5) is 0 Å². The van der Waals surface area contributed by atoms with E-state index in [2.05, 4.69) is 4.90 Å². The molecule has 0 aliphatic heterocycles. The SMILES string of the molecule is CC(CO)N(C)[C@H]1CCC[C@@H]1O. The van der Waals surface area contributed by atoms with Crippen LogP contribution in [0.2, 0.25) is 0 Å². The second kappa shape index (κ2) is 4.21. The molecule has 1 unspecified atom stereocenters. The van der Waals surface area contributed by atoms with Gasteiger partial charge in [0.25, 0.3) is 0 Å². The van der Waals surface area contributed by atoms with E-state index < -0.39 is 0 Å². The zero-order valence-electron chi connectivity index (χ0n) is 7.90. The van der Waals surface area contributed by atoms with Crippen molar-refractivity contribution in [3.63, 3.8) is 0 Å². The molecular formula is C9H19NO2. The van der Waals surface area contributed by atoms with Crippen LogP contribution in [0.25, 0.3) is 0 Å². The smallest absolute Gasteiger partial charge is 0.0695 e. The third kappa shape index (κ3) is 1.97. The molecule has 0 aromatic heterocycles. The Morgan fingerprint density at radius 2 is 2.17 bits per heavy atom. The number of hydrogen-bond acceptors (Lipinski definition) is 3. The largest absolute Gasteiger partial charge is 0.395 e. The molecule has 1 rings (SSSR count). The fourth-order valence-corrected chi connectivity index (χ4v) is 1.85. The molecule has 1 aliphatic carbocycles. The molecule has 3 heteroatoms. The first-order valence-electron chi connectivity index (χ1n) is 4.67. The second-order valence-corrected chi connectivity index (χ2v) is 3.76. The van der Waals surface area contributed by atoms with Gasteiger partial charge in [-0.05, 0) is 33.2 Å². The summed E-state index contributed by atoms with van der Waals surface area (Å²) in [6.45, 7) is 2.14. The summed E-state index contributed by atoms with van der Waals surface area (Å²) in [6, 6.07) is 0.412. The quantitative estimate of drug-likeness (QED) is 0.641. The molecule has 0 radical (unpaired) electrons. The highest BCUT2D eigenvalue weighted by atomic mass is 16.3. The van der Waals surface area contributed by atoms with Gasteiger partial charge in [0.15, 0.2) is 0 Å². The van der Waals surface area contributed by atoms with Crippen molar-refractivity contribution >= 4 is 0 Å². The molecule has 1 aliphatic rings. The summed E-state index contributed by atoms with van der Waals surface area (Å²) in [5, 5.41) is 18.5. The van der Waals surface area contributed by atoms with Crippen LogP contribution in [-0.4, -0.2) is 47.0 Å². The van der Waals surface area contributed by atoms with Crippen molar-refractivity contribution in [1.82, 2.24) is 4.90 Å². The van der Waals surface area contributed by atoms with Crippen LogP contribution in [0.15, 0.2) is 0 Å². The van der Waals surface area contributed by atoms with Crippen molar-refractivity contribution in [1.29, 1.82) is 0 Å². The van der Waals surface area contributed by atoms with Crippen LogP contribution in [0.3, 0.4) is 0 Å². The highest BCUT2D eigenvalue weighted by Gasteiger charge is 2.30. The first kappa shape index (κ1) is 9.96. The van der Waals surface area contributed by atoms with Crippen molar-refractivity contribution in [2.75, 3.05) is 13.7 Å². The van der Waals surface area contributed by atoms with Crippen molar-refractivity contribution < 1.29 is 10.2 Å². The summed E-state index contributed by atoms with van der Waals surface area (Å²) in [5.41, 5.74) is 0. The molecular weight excluding hydrogens is 154 g/mol. The topological polar surface area (TPSA) is 43.7 Å². The Balaban J connectivity index is 2.45. The summed E-state index contributed by atoms with van der Waals surface area (Å²) in [4.78, 5) is 2.08. The Hall–Kier alpha value is -0.120. The zero-order chi connectivity index (χ0) is 9.14. The molecule has 1 saturated carbocycles. The van der Waals surface area contributed by atoms with Gasteiger partial charge in [-0.3, -0.25) is 4.90 Å². The van der Waals surface area contributed by atoms with Crippen molar-refractivity contribution in [2.24, 2.45) is 0 Å². The fourth-order valence-electron chi connectivity index (χ4n) is 1.85. The van der Waals surface area contributed by atoms with E-state index in [1.165, 1.54) is 0 Å². The summed E-state index contributed by atoms with van der Waals surface area (Å²) in [6.07, 6.45) is 2.88. The number of likely N-dealkylation sites (N-methyl/N-ethyl adjacent to an activating group) is 1. The summed E-state index contributed by atoms with van der Waals surface area (Å²) in [7, 11) is 1.97. The Morgan fingerprint density at radius 3 is 2.58 bits per heavy atom. The fraction of sp³-hybridized carbons (Fsp3) is 1.00. The number of nitrogens with zero attached hydrogens (tertiary/aromatic N) is 1. The molecule has 12 heavy (non-hydrogen) atoms. The van der Waals surface area contributed by atoms with E-state index in [4.69, 9.17) is 5.11 Å². The molecule has 0 spiro atoms. The lowest BCUT2D eigenvalue weighted by Gasteiger charge is -2.31. The minimum atomic E-state index is -0.191. The maximum absolute atomic E-state index is 9.58. The van der Waals surface area contributed by atoms with Gasteiger partial charge < -0.3 is 10.2 Å². The zero-order valence-corrected chi connectivity index (χ0v) is 7.90. The van der Waals surface area contributed by atoms with Gasteiger partial charge in [-0.25, -0.2) is 0 Å². The van der Waals surface area contributed by atoms with Gasteiger partial charge in [0.2, 0.25) is 0 Å². The van der Waals surface area contributed by atoms with Crippen LogP contribution >= 0.6 is 0 Å². The predicted octanol–water partition coefficient (Wildman–Crippen LogP) is 0.212. The van der Waals surface area contributed by atoms with Gasteiger partial charge in [0.1, 0.15) is 0 Å². The first-order chi connectivity index (χ1) is 5.66. The molecule has 1 fully saturated rings. The van der Waals surface area contributed by atoms with Gasteiger partial charge in [-0.2, -0.15) is 0 Å². The van der Waals surface area contributed by atoms with E-state index in [9.17, 15) is 5.11 Å². The number of hydrogen-bond donors (Lipinski definition) is 2. The van der Waals surface area contributed by atoms with Crippen LogP contribution in [0, 0.1) is 0 Å². The molecule has 0 aromatic rings. The molecule has 0 bridgehead atoms. The van der Waals surface area contributed by atoms with E-state index >= 15 is 0 Å². The van der Waals surface area contributed by atoms with E-state index in [1.807, 2.05) is 14.0 Å². The second-order valence-electron chi connectivity index (χ2n) is 3.76. The lowest BCUT2D eigenvalue weighted by atomic mass is 10.1. The minimum Gasteiger partial charge on any atom is -0.395 e. The van der Waals surface area contributed by atoms with Crippen molar-refractivity contribution in [3.8, 4) is 0 Å². The normalized spacial score (nSPS) is 32.8. The highest BCUT2D eigenvalue weighted by molar-refractivity contribution is 4.85. The summed E-state index contributed by atoms with van der Waals surface area (Å²) >= 11 is 0. The average molecular weight is 173 g/mol. The van der Waals surface area contributed by atoms with Gasteiger partial charge in [0, 0.05) is 12.1 Å². The van der Waals surface area contributed by atoms with E-state index in [0.717, 1.165) is 19.3 Å². The Labute approximate surface area is 74.0 Å². The highest BCUT2D eigenvalue weighted by Crippen LogP contribution is 2.24. The Kier molecular flexibility index (Phi) is 3.50. The third-order valence-electron chi connectivity index (χ3n) is 2.93. The molecule has 3 nitrogen and oxygen atoms in total. The third-order valence-corrected chi connectivity index (χ3v) is 2.93. The standard InChI is InChI=1S/C9H19NO2/c1-7(6-11)10(2)8-4-3-5-9(8)12/h7-9,11-12H,3-6H2,1-2H3/t7?,8-,9-/m0/s1. The number of aliphatic hydroxyl groups excluding tert-OH is 2. The minimum absolute atomic E-state index is 0.155. The van der Waals surface area contributed by atoms with Gasteiger partial charge >= 0.3 is 0 Å². The molecule has 0 heterocycles. The number of rotatable bonds is 3. The lowest BCUT2D eigenvalue weighted by molar-refractivity contribution is 0.0473. The lowest BCUT2D eigenvalue weighted by Crippen LogP contribution is -2.44. The van der Waals surface area contributed by atoms with Crippen LogP contribution in [-0.2, 0) is 0 Å². The Bertz CT molecular complexity index is 140. The predicted molar refractivity (Wildman–Crippen MR) is 48.0 cm³/mol. The molecule has 2 N–H and O–H groups in total. The van der Waals surface area contributed by atoms with Crippen molar-refractivity contribution in [2.45, 2.75) is 44.4 Å². The van der Waals surface area contributed by atoms with E-state index in [0.29, 0.717) is 0 Å². The van der Waals surface area contributed by atoms with Crippen molar-refractivity contribution in [3.05, 3.63) is 0 Å².